The van der Waals surface area contributed by atoms with Crippen molar-refractivity contribution in [2.24, 2.45) is 0 Å². The fourth-order valence-electron chi connectivity index (χ4n) is 0.837. The van der Waals surface area contributed by atoms with Gasteiger partial charge in [-0.05, 0) is 12.1 Å². The van der Waals surface area contributed by atoms with Crippen molar-refractivity contribution in [1.29, 1.82) is 0 Å². The second kappa shape index (κ2) is 3.98. The molecule has 0 saturated heterocycles. The van der Waals surface area contributed by atoms with Crippen molar-refractivity contribution < 1.29 is 9.22 Å². The smallest absolute Gasteiger partial charge is 0.0606 e. The topological polar surface area (TPSA) is 23.5 Å². The Bertz CT molecular complexity index is 273. The van der Waals surface area contributed by atoms with E-state index in [0.29, 0.717) is 5.69 Å². The van der Waals surface area contributed by atoms with Crippen LogP contribution in [0.15, 0.2) is 30.3 Å². The number of rotatable bonds is 3. The minimum atomic E-state index is -2.20. The zero-order valence-corrected chi connectivity index (χ0v) is 6.20. The SMILES string of the molecule is [2H]C([2H])([2H])N(CCO)c1ccccc1. The molecule has 60 valence electrons. The number of likely N-dealkylation sites (N-methyl/N-ethyl adjacent to an activating group) is 1. The van der Waals surface area contributed by atoms with Gasteiger partial charge < -0.3 is 10.0 Å². The molecule has 0 radical (unpaired) electrons. The van der Waals surface area contributed by atoms with Crippen molar-refractivity contribution in [2.75, 3.05) is 25.0 Å². The highest BCUT2D eigenvalue weighted by Gasteiger charge is 1.95. The van der Waals surface area contributed by atoms with E-state index in [0.717, 1.165) is 0 Å². The molecule has 0 spiro atoms. The van der Waals surface area contributed by atoms with Crippen molar-refractivity contribution in [3.63, 3.8) is 0 Å². The van der Waals surface area contributed by atoms with E-state index in [1.54, 1.807) is 24.3 Å². The molecule has 1 aromatic rings. The van der Waals surface area contributed by atoms with E-state index in [1.807, 2.05) is 6.07 Å². The van der Waals surface area contributed by atoms with Gasteiger partial charge in [0.1, 0.15) is 0 Å². The molecule has 1 N–H and O–H groups in total. The number of para-hydroxylation sites is 1. The molecule has 2 nitrogen and oxygen atoms in total. The highest BCUT2D eigenvalue weighted by Crippen LogP contribution is 2.09. The molecule has 0 aliphatic heterocycles. The molecule has 2 heteroatoms. The first kappa shape index (κ1) is 4.78. The highest BCUT2D eigenvalue weighted by molar-refractivity contribution is 5.44. The summed E-state index contributed by atoms with van der Waals surface area (Å²) in [5, 5.41) is 8.77. The van der Waals surface area contributed by atoms with Gasteiger partial charge in [-0.15, -0.1) is 0 Å². The third-order valence-corrected chi connectivity index (χ3v) is 1.39. The summed E-state index contributed by atoms with van der Waals surface area (Å²) in [5.74, 6) is 0. The van der Waals surface area contributed by atoms with Crippen molar-refractivity contribution in [2.45, 2.75) is 0 Å². The molecule has 1 aromatic carbocycles. The largest absolute Gasteiger partial charge is 0.395 e. The summed E-state index contributed by atoms with van der Waals surface area (Å²) >= 11 is 0. The molecular formula is C9H13NO. The van der Waals surface area contributed by atoms with E-state index in [-0.39, 0.29) is 13.2 Å². The van der Waals surface area contributed by atoms with Crippen LogP contribution in [0, 0.1) is 0 Å². The summed E-state index contributed by atoms with van der Waals surface area (Å²) in [5.41, 5.74) is 0.599. The number of hydrogen-bond donors (Lipinski definition) is 1. The van der Waals surface area contributed by atoms with E-state index in [9.17, 15) is 0 Å². The number of benzene rings is 1. The predicted molar refractivity (Wildman–Crippen MR) is 46.8 cm³/mol. The Labute approximate surface area is 71.3 Å². The molecule has 11 heavy (non-hydrogen) atoms. The lowest BCUT2D eigenvalue weighted by Gasteiger charge is -2.17. The van der Waals surface area contributed by atoms with E-state index < -0.39 is 6.98 Å². The van der Waals surface area contributed by atoms with Crippen molar-refractivity contribution in [3.8, 4) is 0 Å². The lowest BCUT2D eigenvalue weighted by Crippen LogP contribution is -2.20. The van der Waals surface area contributed by atoms with Gasteiger partial charge in [-0.1, -0.05) is 18.2 Å². The molecule has 0 amide bonds. The quantitative estimate of drug-likeness (QED) is 0.705. The van der Waals surface area contributed by atoms with E-state index >= 15 is 0 Å². The highest BCUT2D eigenvalue weighted by atomic mass is 16.3. The summed E-state index contributed by atoms with van der Waals surface area (Å²) in [6, 6.07) is 8.78. The standard InChI is InChI=1S/C9H13NO/c1-10(7-8-11)9-5-3-2-4-6-9/h2-6,11H,7-8H2,1H3/i1D3. The van der Waals surface area contributed by atoms with Gasteiger partial charge in [0.15, 0.2) is 0 Å². The molecule has 0 heterocycles. The van der Waals surface area contributed by atoms with Gasteiger partial charge in [-0.2, -0.15) is 0 Å². The van der Waals surface area contributed by atoms with Crippen LogP contribution in [0.25, 0.3) is 0 Å². The first-order valence-electron chi connectivity index (χ1n) is 4.99. The Morgan fingerprint density at radius 2 is 2.18 bits per heavy atom. The maximum atomic E-state index is 8.77. The van der Waals surface area contributed by atoms with Crippen LogP contribution < -0.4 is 4.90 Å². The summed E-state index contributed by atoms with van der Waals surface area (Å²) in [4.78, 5) is 1.20. The van der Waals surface area contributed by atoms with Gasteiger partial charge in [0, 0.05) is 23.3 Å². The molecule has 0 saturated carbocycles. The average molecular weight is 154 g/mol. The Morgan fingerprint density at radius 1 is 1.45 bits per heavy atom. The average Bonchev–Trinajstić information content (AvgIpc) is 2.14. The normalized spacial score (nSPS) is 14.8. The fraction of sp³-hybridized carbons (Fsp3) is 0.333. The lowest BCUT2D eigenvalue weighted by molar-refractivity contribution is 0.304. The predicted octanol–water partition coefficient (Wildman–Crippen LogP) is 1.12. The van der Waals surface area contributed by atoms with Gasteiger partial charge >= 0.3 is 0 Å². The van der Waals surface area contributed by atoms with E-state index in [4.69, 9.17) is 9.22 Å². The number of nitrogens with zero attached hydrogens (tertiary/aromatic N) is 1. The molecule has 0 bridgehead atoms. The van der Waals surface area contributed by atoms with Gasteiger partial charge in [-0.3, -0.25) is 0 Å². The Kier molecular flexibility index (Phi) is 1.73. The summed E-state index contributed by atoms with van der Waals surface area (Å²) < 4.78 is 21.8. The van der Waals surface area contributed by atoms with Gasteiger partial charge in [-0.25, -0.2) is 0 Å². The van der Waals surface area contributed by atoms with Crippen LogP contribution in [0.5, 0.6) is 0 Å². The third-order valence-electron chi connectivity index (χ3n) is 1.39. The van der Waals surface area contributed by atoms with Crippen LogP contribution in [-0.2, 0) is 0 Å². The molecule has 1 rings (SSSR count). The van der Waals surface area contributed by atoms with Crippen LogP contribution in [0.3, 0.4) is 0 Å². The molecule has 0 aliphatic carbocycles. The van der Waals surface area contributed by atoms with Crippen LogP contribution >= 0.6 is 0 Å². The summed E-state index contributed by atoms with van der Waals surface area (Å²) in [6.45, 7) is -2.27. The van der Waals surface area contributed by atoms with Crippen molar-refractivity contribution in [3.05, 3.63) is 30.3 Å². The van der Waals surface area contributed by atoms with Crippen molar-refractivity contribution >= 4 is 5.69 Å². The number of aliphatic hydroxyl groups is 1. The molecule has 0 atom stereocenters. The zero-order valence-electron chi connectivity index (χ0n) is 9.20. The molecule has 0 aliphatic rings. The van der Waals surface area contributed by atoms with Crippen LogP contribution in [-0.4, -0.2) is 25.2 Å². The van der Waals surface area contributed by atoms with Gasteiger partial charge in [0.05, 0.1) is 6.61 Å². The van der Waals surface area contributed by atoms with Crippen LogP contribution in [0.2, 0.25) is 0 Å². The monoisotopic (exact) mass is 154 g/mol. The first-order valence-corrected chi connectivity index (χ1v) is 3.49. The minimum Gasteiger partial charge on any atom is -0.395 e. The fourth-order valence-corrected chi connectivity index (χ4v) is 0.837. The summed E-state index contributed by atoms with van der Waals surface area (Å²) in [7, 11) is 0. The molecule has 0 unspecified atom stereocenters. The Hall–Kier alpha value is -1.02. The zero-order chi connectivity index (χ0) is 10.6. The summed E-state index contributed by atoms with van der Waals surface area (Å²) in [6.07, 6.45) is 0. The Balaban J connectivity index is 2.89. The van der Waals surface area contributed by atoms with Crippen molar-refractivity contribution in [1.82, 2.24) is 0 Å². The first-order chi connectivity index (χ1) is 6.55. The van der Waals surface area contributed by atoms with E-state index in [2.05, 4.69) is 0 Å². The second-order valence-electron chi connectivity index (χ2n) is 2.21. The minimum absolute atomic E-state index is 0.112. The number of hydrogen-bond acceptors (Lipinski definition) is 2. The molecular weight excluding hydrogens is 138 g/mol. The Morgan fingerprint density at radius 3 is 2.73 bits per heavy atom. The molecule has 0 aromatic heterocycles. The number of anilines is 1. The molecule has 0 fully saturated rings. The van der Waals surface area contributed by atoms with Gasteiger partial charge in [0.2, 0.25) is 0 Å². The lowest BCUT2D eigenvalue weighted by atomic mass is 10.3. The maximum Gasteiger partial charge on any atom is 0.0606 e. The van der Waals surface area contributed by atoms with Crippen LogP contribution in [0.1, 0.15) is 4.11 Å². The second-order valence-corrected chi connectivity index (χ2v) is 2.21. The maximum absolute atomic E-state index is 8.77. The van der Waals surface area contributed by atoms with Crippen LogP contribution in [0.4, 0.5) is 5.69 Å². The number of aliphatic hydroxyl groups excluding tert-OH is 1. The van der Waals surface area contributed by atoms with E-state index in [1.165, 1.54) is 4.90 Å². The van der Waals surface area contributed by atoms with Gasteiger partial charge in [0.25, 0.3) is 0 Å². The third kappa shape index (κ3) is 2.24.